The van der Waals surface area contributed by atoms with Gasteiger partial charge in [-0.15, -0.1) is 0 Å². The first-order valence-corrected chi connectivity index (χ1v) is 6.75. The van der Waals surface area contributed by atoms with Crippen LogP contribution in [0.1, 0.15) is 26.7 Å². The number of nitrogens with zero attached hydrogens (tertiary/aromatic N) is 1. The molecule has 100 valence electrons. The molecule has 0 unspecified atom stereocenters. The largest absolute Gasteiger partial charge is 0.383 e. The number of nitrogens with one attached hydrogen (secondary N) is 1. The number of ether oxygens (including phenoxy) is 1. The van der Waals surface area contributed by atoms with E-state index in [2.05, 4.69) is 48.3 Å². The van der Waals surface area contributed by atoms with Crippen molar-refractivity contribution in [3.8, 4) is 0 Å². The highest BCUT2D eigenvalue weighted by atomic mass is 16.5. The van der Waals surface area contributed by atoms with E-state index in [0.717, 1.165) is 26.1 Å². The average Bonchev–Trinajstić information content (AvgIpc) is 2.59. The molecule has 1 aromatic carbocycles. The smallest absolute Gasteiger partial charge is 0.0639 e. The Kier molecular flexibility index (Phi) is 4.12. The summed E-state index contributed by atoms with van der Waals surface area (Å²) >= 11 is 0. The first kappa shape index (κ1) is 13.2. The number of hydrogen-bond acceptors (Lipinski definition) is 3. The van der Waals surface area contributed by atoms with Crippen LogP contribution in [0.5, 0.6) is 0 Å². The third-order valence-electron chi connectivity index (χ3n) is 3.70. The topological polar surface area (TPSA) is 24.5 Å². The molecule has 3 nitrogen and oxygen atoms in total. The summed E-state index contributed by atoms with van der Waals surface area (Å²) in [6, 6.07) is 8.57. The summed E-state index contributed by atoms with van der Waals surface area (Å²) in [7, 11) is 1.79. The van der Waals surface area contributed by atoms with Crippen LogP contribution in [0.25, 0.3) is 0 Å². The van der Waals surface area contributed by atoms with Crippen molar-refractivity contribution in [2.24, 2.45) is 0 Å². The lowest BCUT2D eigenvalue weighted by Crippen LogP contribution is -2.32. The molecular weight excluding hydrogens is 224 g/mol. The van der Waals surface area contributed by atoms with Crippen LogP contribution in [0, 0.1) is 0 Å². The summed E-state index contributed by atoms with van der Waals surface area (Å²) < 4.78 is 5.51. The Morgan fingerprint density at radius 3 is 2.89 bits per heavy atom. The van der Waals surface area contributed by atoms with Crippen LogP contribution in [-0.4, -0.2) is 32.3 Å². The molecule has 3 heteroatoms. The number of para-hydroxylation sites is 2. The molecule has 0 saturated carbocycles. The summed E-state index contributed by atoms with van der Waals surface area (Å²) in [6.07, 6.45) is 2.22. The minimum atomic E-state index is -0.0469. The minimum Gasteiger partial charge on any atom is -0.383 e. The van der Waals surface area contributed by atoms with Gasteiger partial charge in [0.1, 0.15) is 0 Å². The van der Waals surface area contributed by atoms with Gasteiger partial charge in [-0.3, -0.25) is 0 Å². The number of methoxy groups -OCH3 is 1. The van der Waals surface area contributed by atoms with Crippen molar-refractivity contribution < 1.29 is 4.74 Å². The number of anilines is 2. The zero-order valence-electron chi connectivity index (χ0n) is 11.7. The molecular formula is C15H24N2O. The highest BCUT2D eigenvalue weighted by Crippen LogP contribution is 2.28. The predicted octanol–water partition coefficient (Wildman–Crippen LogP) is 3.12. The molecule has 1 aliphatic rings. The lowest BCUT2D eigenvalue weighted by molar-refractivity contribution is 0.0172. The fraction of sp³-hybridized carbons (Fsp3) is 0.600. The molecule has 1 aliphatic heterocycles. The number of hydrogen-bond donors (Lipinski definition) is 1. The summed E-state index contributed by atoms with van der Waals surface area (Å²) in [5.41, 5.74) is 2.53. The van der Waals surface area contributed by atoms with Crippen LogP contribution < -0.4 is 10.2 Å². The number of benzene rings is 1. The molecule has 0 atom stereocenters. The Bertz CT molecular complexity index is 390. The van der Waals surface area contributed by atoms with E-state index in [9.17, 15) is 0 Å². The van der Waals surface area contributed by atoms with Gasteiger partial charge in [-0.25, -0.2) is 0 Å². The van der Waals surface area contributed by atoms with Gasteiger partial charge in [0.05, 0.1) is 17.0 Å². The Labute approximate surface area is 110 Å². The first-order chi connectivity index (χ1) is 8.62. The first-order valence-electron chi connectivity index (χ1n) is 6.75. The zero-order chi connectivity index (χ0) is 13.0. The fourth-order valence-electron chi connectivity index (χ4n) is 2.25. The van der Waals surface area contributed by atoms with E-state index in [0.29, 0.717) is 0 Å². The molecule has 2 rings (SSSR count). The van der Waals surface area contributed by atoms with E-state index in [1.54, 1.807) is 7.11 Å². The van der Waals surface area contributed by atoms with Gasteiger partial charge in [0.25, 0.3) is 0 Å². The lowest BCUT2D eigenvalue weighted by atomic mass is 10.0. The van der Waals surface area contributed by atoms with Gasteiger partial charge in [0, 0.05) is 26.7 Å². The molecule has 0 spiro atoms. The van der Waals surface area contributed by atoms with Gasteiger partial charge < -0.3 is 15.0 Å². The van der Waals surface area contributed by atoms with Crippen LogP contribution in [-0.2, 0) is 4.74 Å². The van der Waals surface area contributed by atoms with E-state index in [-0.39, 0.29) is 5.60 Å². The standard InChI is InChI=1S/C15H24N2O/c1-15(2,18-3)9-12-17-11-6-10-16-13-7-4-5-8-14(13)17/h4-5,7-8,16H,6,9-12H2,1-3H3. The molecule has 0 bridgehead atoms. The SMILES string of the molecule is COC(C)(C)CCN1CCCNc2ccccc21. The van der Waals surface area contributed by atoms with E-state index in [4.69, 9.17) is 4.74 Å². The van der Waals surface area contributed by atoms with Crippen LogP contribution in [0.3, 0.4) is 0 Å². The third kappa shape index (κ3) is 3.16. The maximum Gasteiger partial charge on any atom is 0.0639 e. The van der Waals surface area contributed by atoms with Crippen molar-refractivity contribution in [1.29, 1.82) is 0 Å². The Hall–Kier alpha value is -1.22. The summed E-state index contributed by atoms with van der Waals surface area (Å²) in [4.78, 5) is 2.47. The van der Waals surface area contributed by atoms with Gasteiger partial charge >= 0.3 is 0 Å². The normalized spacial score (nSPS) is 15.8. The molecule has 0 amide bonds. The minimum absolute atomic E-state index is 0.0469. The molecule has 1 aromatic rings. The van der Waals surface area contributed by atoms with Crippen molar-refractivity contribution in [3.05, 3.63) is 24.3 Å². The predicted molar refractivity (Wildman–Crippen MR) is 77.5 cm³/mol. The fourth-order valence-corrected chi connectivity index (χ4v) is 2.25. The molecule has 0 radical (unpaired) electrons. The van der Waals surface area contributed by atoms with Gasteiger partial charge in [0.15, 0.2) is 0 Å². The van der Waals surface area contributed by atoms with Gasteiger partial charge in [-0.1, -0.05) is 12.1 Å². The highest BCUT2D eigenvalue weighted by Gasteiger charge is 2.20. The summed E-state index contributed by atoms with van der Waals surface area (Å²) in [5.74, 6) is 0. The maximum absolute atomic E-state index is 5.51. The summed E-state index contributed by atoms with van der Waals surface area (Å²) in [5, 5.41) is 3.49. The van der Waals surface area contributed by atoms with Gasteiger partial charge in [-0.05, 0) is 38.8 Å². The van der Waals surface area contributed by atoms with Crippen molar-refractivity contribution in [2.75, 3.05) is 37.0 Å². The molecule has 1 N–H and O–H groups in total. The third-order valence-corrected chi connectivity index (χ3v) is 3.70. The van der Waals surface area contributed by atoms with Gasteiger partial charge in [-0.2, -0.15) is 0 Å². The molecule has 1 heterocycles. The van der Waals surface area contributed by atoms with Crippen LogP contribution in [0.4, 0.5) is 11.4 Å². The molecule has 0 saturated heterocycles. The second kappa shape index (κ2) is 5.61. The number of fused-ring (bicyclic) bond motifs is 1. The number of rotatable bonds is 4. The van der Waals surface area contributed by atoms with Crippen LogP contribution >= 0.6 is 0 Å². The van der Waals surface area contributed by atoms with E-state index in [1.807, 2.05) is 0 Å². The second-order valence-electron chi connectivity index (χ2n) is 5.50. The van der Waals surface area contributed by atoms with Crippen molar-refractivity contribution in [2.45, 2.75) is 32.3 Å². The summed E-state index contributed by atoms with van der Waals surface area (Å²) in [6.45, 7) is 7.51. The highest BCUT2D eigenvalue weighted by molar-refractivity contribution is 5.70. The quantitative estimate of drug-likeness (QED) is 0.886. The second-order valence-corrected chi connectivity index (χ2v) is 5.50. The lowest BCUT2D eigenvalue weighted by Gasteiger charge is -2.29. The Balaban J connectivity index is 2.08. The Morgan fingerprint density at radius 2 is 2.11 bits per heavy atom. The Morgan fingerprint density at radius 1 is 1.33 bits per heavy atom. The van der Waals surface area contributed by atoms with E-state index in [1.165, 1.54) is 17.8 Å². The average molecular weight is 248 g/mol. The van der Waals surface area contributed by atoms with Crippen molar-refractivity contribution in [1.82, 2.24) is 0 Å². The van der Waals surface area contributed by atoms with Gasteiger partial charge in [0.2, 0.25) is 0 Å². The van der Waals surface area contributed by atoms with E-state index < -0.39 is 0 Å². The monoisotopic (exact) mass is 248 g/mol. The molecule has 0 fully saturated rings. The molecule has 0 aliphatic carbocycles. The molecule has 0 aromatic heterocycles. The van der Waals surface area contributed by atoms with Crippen LogP contribution in [0.2, 0.25) is 0 Å². The maximum atomic E-state index is 5.51. The van der Waals surface area contributed by atoms with Crippen LogP contribution in [0.15, 0.2) is 24.3 Å². The van der Waals surface area contributed by atoms with Crippen molar-refractivity contribution in [3.63, 3.8) is 0 Å². The zero-order valence-corrected chi connectivity index (χ0v) is 11.7. The van der Waals surface area contributed by atoms with Crippen molar-refractivity contribution >= 4 is 11.4 Å². The molecule has 18 heavy (non-hydrogen) atoms. The van der Waals surface area contributed by atoms with E-state index >= 15 is 0 Å².